The molecule has 0 saturated heterocycles. The van der Waals surface area contributed by atoms with E-state index in [-0.39, 0.29) is 12.5 Å². The Kier molecular flexibility index (Phi) is 3.62. The molecule has 5 heteroatoms. The first kappa shape index (κ1) is 12.2. The van der Waals surface area contributed by atoms with Crippen LogP contribution >= 0.6 is 0 Å². The molecule has 0 spiro atoms. The molecule has 0 fully saturated rings. The van der Waals surface area contributed by atoms with Crippen LogP contribution in [0.1, 0.15) is 0 Å². The average Bonchev–Trinajstić information content (AvgIpc) is 2.89. The molecule has 18 heavy (non-hydrogen) atoms. The van der Waals surface area contributed by atoms with E-state index in [1.165, 1.54) is 7.11 Å². The van der Waals surface area contributed by atoms with Crippen molar-refractivity contribution in [3.63, 3.8) is 0 Å². The number of hydrogen-bond donors (Lipinski definition) is 0. The van der Waals surface area contributed by atoms with Crippen LogP contribution < -0.4 is 4.90 Å². The van der Waals surface area contributed by atoms with Crippen molar-refractivity contribution < 1.29 is 9.53 Å². The monoisotopic (exact) mass is 245 g/mol. The van der Waals surface area contributed by atoms with Crippen LogP contribution in [0.15, 0.2) is 42.7 Å². The maximum absolute atomic E-state index is 11.2. The van der Waals surface area contributed by atoms with Gasteiger partial charge in [0.05, 0.1) is 30.9 Å². The number of carbonyl (C=O) groups is 1. The minimum atomic E-state index is -0.273. The lowest BCUT2D eigenvalue weighted by Crippen LogP contribution is -2.25. The van der Waals surface area contributed by atoms with Gasteiger partial charge in [-0.05, 0) is 12.1 Å². The Morgan fingerprint density at radius 1 is 1.39 bits per heavy atom. The Balaban J connectivity index is 2.13. The minimum Gasteiger partial charge on any atom is -0.468 e. The fourth-order valence-corrected chi connectivity index (χ4v) is 1.58. The van der Waals surface area contributed by atoms with Crippen LogP contribution in [0.5, 0.6) is 0 Å². The van der Waals surface area contributed by atoms with Crippen molar-refractivity contribution in [3.8, 4) is 5.69 Å². The Hall–Kier alpha value is -2.30. The number of carbonyl (C=O) groups excluding carboxylic acids is 1. The lowest BCUT2D eigenvalue weighted by molar-refractivity contribution is -0.138. The second-order valence-corrected chi connectivity index (χ2v) is 3.91. The Bertz CT molecular complexity index is 522. The van der Waals surface area contributed by atoms with E-state index in [9.17, 15) is 4.79 Å². The smallest absolute Gasteiger partial charge is 0.325 e. The predicted molar refractivity (Wildman–Crippen MR) is 68.9 cm³/mol. The van der Waals surface area contributed by atoms with Crippen LogP contribution in [0.25, 0.3) is 5.69 Å². The molecule has 0 radical (unpaired) electrons. The van der Waals surface area contributed by atoms with E-state index in [1.807, 2.05) is 43.6 Å². The van der Waals surface area contributed by atoms with Crippen LogP contribution in [0.3, 0.4) is 0 Å². The molecule has 5 nitrogen and oxygen atoms in total. The average molecular weight is 245 g/mol. The van der Waals surface area contributed by atoms with Gasteiger partial charge in [-0.15, -0.1) is 0 Å². The van der Waals surface area contributed by atoms with Crippen molar-refractivity contribution in [2.75, 3.05) is 25.6 Å². The first-order valence-corrected chi connectivity index (χ1v) is 5.59. The second kappa shape index (κ2) is 5.35. The van der Waals surface area contributed by atoms with Gasteiger partial charge < -0.3 is 9.64 Å². The largest absolute Gasteiger partial charge is 0.468 e. The number of para-hydroxylation sites is 1. The van der Waals surface area contributed by atoms with Crippen molar-refractivity contribution in [1.29, 1.82) is 0 Å². The number of nitrogens with zero attached hydrogens (tertiary/aromatic N) is 3. The molecule has 0 bridgehead atoms. The first-order chi connectivity index (χ1) is 8.70. The zero-order valence-electron chi connectivity index (χ0n) is 10.4. The summed E-state index contributed by atoms with van der Waals surface area (Å²) in [4.78, 5) is 13.0. The van der Waals surface area contributed by atoms with Crippen molar-refractivity contribution in [2.45, 2.75) is 0 Å². The van der Waals surface area contributed by atoms with Gasteiger partial charge in [0.15, 0.2) is 0 Å². The van der Waals surface area contributed by atoms with Crippen molar-refractivity contribution >= 4 is 11.7 Å². The molecule has 0 unspecified atom stereocenters. The lowest BCUT2D eigenvalue weighted by Gasteiger charge is -2.14. The summed E-state index contributed by atoms with van der Waals surface area (Å²) in [5.74, 6) is -0.273. The van der Waals surface area contributed by atoms with Crippen LogP contribution in [0.4, 0.5) is 5.69 Å². The molecule has 0 atom stereocenters. The number of methoxy groups -OCH3 is 1. The maximum atomic E-state index is 11.2. The van der Waals surface area contributed by atoms with E-state index >= 15 is 0 Å². The molecule has 0 N–H and O–H groups in total. The molecular formula is C13H15N3O2. The number of anilines is 1. The Morgan fingerprint density at radius 3 is 2.78 bits per heavy atom. The predicted octanol–water partition coefficient (Wildman–Crippen LogP) is 1.48. The topological polar surface area (TPSA) is 47.4 Å². The van der Waals surface area contributed by atoms with Gasteiger partial charge in [0, 0.05) is 7.05 Å². The van der Waals surface area contributed by atoms with E-state index in [0.717, 1.165) is 11.4 Å². The Morgan fingerprint density at radius 2 is 2.11 bits per heavy atom. The van der Waals surface area contributed by atoms with Crippen molar-refractivity contribution in [2.24, 2.45) is 0 Å². The summed E-state index contributed by atoms with van der Waals surface area (Å²) in [6.45, 7) is 0.205. The maximum Gasteiger partial charge on any atom is 0.325 e. The highest BCUT2D eigenvalue weighted by Gasteiger charge is 2.09. The molecule has 1 heterocycles. The molecular weight excluding hydrogens is 230 g/mol. The third kappa shape index (κ3) is 2.68. The number of esters is 1. The van der Waals surface area contributed by atoms with Gasteiger partial charge in [0.25, 0.3) is 0 Å². The summed E-state index contributed by atoms with van der Waals surface area (Å²) >= 11 is 0. The number of ether oxygens (including phenoxy) is 1. The SMILES string of the molecule is COC(=O)CN(C)c1cnn(-c2ccccc2)c1. The van der Waals surface area contributed by atoms with Gasteiger partial charge in [-0.3, -0.25) is 4.79 Å². The highest BCUT2D eigenvalue weighted by molar-refractivity contribution is 5.75. The van der Waals surface area contributed by atoms with Crippen molar-refractivity contribution in [3.05, 3.63) is 42.7 Å². The van der Waals surface area contributed by atoms with Crippen LogP contribution in [-0.4, -0.2) is 36.5 Å². The summed E-state index contributed by atoms with van der Waals surface area (Å²) in [7, 11) is 3.20. The highest BCUT2D eigenvalue weighted by atomic mass is 16.5. The van der Waals surface area contributed by atoms with Gasteiger partial charge in [-0.1, -0.05) is 18.2 Å². The normalized spacial score (nSPS) is 10.1. The lowest BCUT2D eigenvalue weighted by atomic mass is 10.3. The highest BCUT2D eigenvalue weighted by Crippen LogP contribution is 2.14. The van der Waals surface area contributed by atoms with Gasteiger partial charge >= 0.3 is 5.97 Å². The zero-order valence-corrected chi connectivity index (χ0v) is 10.4. The molecule has 0 aliphatic rings. The molecule has 2 rings (SSSR count). The number of likely N-dealkylation sites (N-methyl/N-ethyl adjacent to an activating group) is 1. The van der Waals surface area contributed by atoms with Crippen LogP contribution in [0.2, 0.25) is 0 Å². The van der Waals surface area contributed by atoms with Gasteiger partial charge in [0.2, 0.25) is 0 Å². The third-order valence-electron chi connectivity index (χ3n) is 2.62. The first-order valence-electron chi connectivity index (χ1n) is 5.59. The number of benzene rings is 1. The van der Waals surface area contributed by atoms with Crippen LogP contribution in [-0.2, 0) is 9.53 Å². The van der Waals surface area contributed by atoms with Crippen molar-refractivity contribution in [1.82, 2.24) is 9.78 Å². The molecule has 0 aliphatic heterocycles. The summed E-state index contributed by atoms with van der Waals surface area (Å²) in [6.07, 6.45) is 3.59. The van der Waals surface area contributed by atoms with Gasteiger partial charge in [-0.2, -0.15) is 5.10 Å². The number of aromatic nitrogens is 2. The fourth-order valence-electron chi connectivity index (χ4n) is 1.58. The molecule has 94 valence electrons. The molecule has 0 amide bonds. The van der Waals surface area contributed by atoms with Gasteiger partial charge in [0.1, 0.15) is 6.54 Å². The van der Waals surface area contributed by atoms with E-state index in [1.54, 1.807) is 15.8 Å². The summed E-state index contributed by atoms with van der Waals surface area (Å²) in [5, 5.41) is 4.26. The second-order valence-electron chi connectivity index (χ2n) is 3.91. The molecule has 1 aromatic carbocycles. The summed E-state index contributed by atoms with van der Waals surface area (Å²) in [5.41, 5.74) is 1.85. The molecule has 2 aromatic rings. The third-order valence-corrected chi connectivity index (χ3v) is 2.62. The zero-order chi connectivity index (χ0) is 13.0. The standard InChI is InChI=1S/C13H15N3O2/c1-15(10-13(17)18-2)12-8-14-16(9-12)11-6-4-3-5-7-11/h3-9H,10H2,1-2H3. The van der Waals surface area contributed by atoms with E-state index in [4.69, 9.17) is 0 Å². The van der Waals surface area contributed by atoms with E-state index in [0.29, 0.717) is 0 Å². The number of hydrogen-bond acceptors (Lipinski definition) is 4. The summed E-state index contributed by atoms with van der Waals surface area (Å²) < 4.78 is 6.39. The minimum absolute atomic E-state index is 0.205. The van der Waals surface area contributed by atoms with E-state index < -0.39 is 0 Å². The molecule has 1 aromatic heterocycles. The molecule has 0 saturated carbocycles. The summed E-state index contributed by atoms with van der Waals surface area (Å²) in [6, 6.07) is 9.80. The van der Waals surface area contributed by atoms with Gasteiger partial charge in [-0.25, -0.2) is 4.68 Å². The Labute approximate surface area is 106 Å². The quantitative estimate of drug-likeness (QED) is 0.765. The number of rotatable bonds is 4. The van der Waals surface area contributed by atoms with E-state index in [2.05, 4.69) is 9.84 Å². The van der Waals surface area contributed by atoms with Crippen LogP contribution in [0, 0.1) is 0 Å². The molecule has 0 aliphatic carbocycles. The fraction of sp³-hybridized carbons (Fsp3) is 0.231.